The minimum Gasteiger partial charge on any atom is -0.495 e. The van der Waals surface area contributed by atoms with Gasteiger partial charge < -0.3 is 15.5 Å². The van der Waals surface area contributed by atoms with E-state index < -0.39 is 6.04 Å². The van der Waals surface area contributed by atoms with Crippen molar-refractivity contribution in [2.24, 2.45) is 0 Å². The SMILES string of the molecule is COc1cncc(NC(C(=O)C2=C(c3ccccc3)NNS2)c2ccc(F)cc2)c1. The number of benzene rings is 2. The molecule has 2 aromatic carbocycles. The highest BCUT2D eigenvalue weighted by atomic mass is 32.2. The van der Waals surface area contributed by atoms with Gasteiger partial charge in [0.2, 0.25) is 0 Å². The average Bonchev–Trinajstić information content (AvgIpc) is 3.28. The van der Waals surface area contributed by atoms with Crippen LogP contribution in [-0.4, -0.2) is 17.9 Å². The lowest BCUT2D eigenvalue weighted by atomic mass is 10.00. The number of anilines is 1. The molecule has 0 aliphatic carbocycles. The molecule has 30 heavy (non-hydrogen) atoms. The summed E-state index contributed by atoms with van der Waals surface area (Å²) in [5, 5.41) is 3.22. The third kappa shape index (κ3) is 4.29. The lowest BCUT2D eigenvalue weighted by molar-refractivity contribution is -0.115. The smallest absolute Gasteiger partial charge is 0.199 e. The van der Waals surface area contributed by atoms with E-state index in [0.29, 0.717) is 27.6 Å². The number of Topliss-reactive ketones (excluding diaryl/α,β-unsaturated/α-hetero) is 1. The van der Waals surface area contributed by atoms with Crippen LogP contribution in [0, 0.1) is 5.82 Å². The number of hydrazine groups is 1. The highest BCUT2D eigenvalue weighted by molar-refractivity contribution is 8.02. The Morgan fingerprint density at radius 2 is 1.90 bits per heavy atom. The van der Waals surface area contributed by atoms with Crippen molar-refractivity contribution in [1.29, 1.82) is 0 Å². The maximum absolute atomic E-state index is 13.6. The molecule has 0 saturated heterocycles. The highest BCUT2D eigenvalue weighted by Gasteiger charge is 2.30. The monoisotopic (exact) mass is 422 g/mol. The molecule has 6 nitrogen and oxygen atoms in total. The number of nitrogens with one attached hydrogen (secondary N) is 3. The number of rotatable bonds is 7. The quantitative estimate of drug-likeness (QED) is 0.496. The number of nitrogens with zero attached hydrogens (tertiary/aromatic N) is 1. The number of carbonyl (C=O) groups is 1. The standard InChI is InChI=1S/C22H19FN4O2S/c1-29-18-11-17(12-24-13-18)25-19(15-7-9-16(23)10-8-15)21(28)22-20(26-27-30-22)14-5-3-2-4-6-14/h2-13,19,25-27H,1H3. The molecule has 0 amide bonds. The van der Waals surface area contributed by atoms with Crippen LogP contribution in [0.15, 0.2) is 78.0 Å². The number of hydrogen-bond acceptors (Lipinski definition) is 7. The molecule has 152 valence electrons. The molecule has 4 rings (SSSR count). The van der Waals surface area contributed by atoms with Crippen LogP contribution < -0.4 is 20.3 Å². The van der Waals surface area contributed by atoms with Crippen molar-refractivity contribution in [2.45, 2.75) is 6.04 Å². The second-order valence-corrected chi connectivity index (χ2v) is 7.32. The number of carbonyl (C=O) groups excluding carboxylic acids is 1. The van der Waals surface area contributed by atoms with Crippen LogP contribution in [0.2, 0.25) is 0 Å². The van der Waals surface area contributed by atoms with Crippen LogP contribution in [-0.2, 0) is 4.79 Å². The Hall–Kier alpha value is -3.36. The van der Waals surface area contributed by atoms with E-state index in [1.807, 2.05) is 30.3 Å². The summed E-state index contributed by atoms with van der Waals surface area (Å²) >= 11 is 1.21. The first-order valence-electron chi connectivity index (χ1n) is 9.18. The van der Waals surface area contributed by atoms with Gasteiger partial charge in [-0.05, 0) is 29.6 Å². The van der Waals surface area contributed by atoms with E-state index in [-0.39, 0.29) is 11.6 Å². The molecule has 1 aromatic heterocycles. The van der Waals surface area contributed by atoms with E-state index >= 15 is 0 Å². The van der Waals surface area contributed by atoms with Gasteiger partial charge in [-0.3, -0.25) is 9.78 Å². The summed E-state index contributed by atoms with van der Waals surface area (Å²) < 4.78 is 18.7. The van der Waals surface area contributed by atoms with Gasteiger partial charge in [0.1, 0.15) is 17.6 Å². The molecule has 0 fully saturated rings. The molecule has 0 saturated carbocycles. The number of ketones is 1. The summed E-state index contributed by atoms with van der Waals surface area (Å²) in [4.78, 5) is 21.2. The van der Waals surface area contributed by atoms with Crippen LogP contribution in [0.4, 0.5) is 10.1 Å². The summed E-state index contributed by atoms with van der Waals surface area (Å²) in [6, 6.07) is 16.5. The topological polar surface area (TPSA) is 75.3 Å². The predicted octanol–water partition coefficient (Wildman–Crippen LogP) is 4.08. The number of halogens is 1. The van der Waals surface area contributed by atoms with Crippen LogP contribution in [0.1, 0.15) is 17.2 Å². The van der Waals surface area contributed by atoms with Crippen molar-refractivity contribution in [1.82, 2.24) is 15.2 Å². The summed E-state index contributed by atoms with van der Waals surface area (Å²) in [6.07, 6.45) is 3.19. The molecular weight excluding hydrogens is 403 g/mol. The number of methoxy groups -OCH3 is 1. The molecule has 1 atom stereocenters. The van der Waals surface area contributed by atoms with Gasteiger partial charge in [-0.1, -0.05) is 42.5 Å². The molecule has 2 heterocycles. The third-order valence-corrected chi connectivity index (χ3v) is 5.38. The minimum absolute atomic E-state index is 0.161. The lowest BCUT2D eigenvalue weighted by Crippen LogP contribution is -2.22. The third-order valence-electron chi connectivity index (χ3n) is 4.57. The average molecular weight is 422 g/mol. The summed E-state index contributed by atoms with van der Waals surface area (Å²) in [5.41, 5.74) is 5.89. The Balaban J connectivity index is 1.73. The van der Waals surface area contributed by atoms with Gasteiger partial charge >= 0.3 is 0 Å². The van der Waals surface area contributed by atoms with Crippen LogP contribution in [0.3, 0.4) is 0 Å². The highest BCUT2D eigenvalue weighted by Crippen LogP contribution is 2.34. The molecule has 1 aliphatic heterocycles. The first-order chi connectivity index (χ1) is 14.7. The number of hydrogen-bond donors (Lipinski definition) is 3. The Morgan fingerprint density at radius 1 is 1.13 bits per heavy atom. The minimum atomic E-state index is -0.748. The Labute approximate surface area is 177 Å². The molecule has 0 spiro atoms. The number of ether oxygens (including phenoxy) is 1. The summed E-state index contributed by atoms with van der Waals surface area (Å²) in [7, 11) is 1.55. The van der Waals surface area contributed by atoms with Gasteiger partial charge in [-0.15, -0.1) is 0 Å². The fourth-order valence-electron chi connectivity index (χ4n) is 3.08. The second-order valence-electron chi connectivity index (χ2n) is 6.51. The van der Waals surface area contributed by atoms with Gasteiger partial charge in [-0.2, -0.15) is 4.83 Å². The van der Waals surface area contributed by atoms with Crippen LogP contribution in [0.5, 0.6) is 5.75 Å². The zero-order valence-electron chi connectivity index (χ0n) is 16.1. The van der Waals surface area contributed by atoms with E-state index in [1.165, 1.54) is 24.1 Å². The number of aromatic nitrogens is 1. The Morgan fingerprint density at radius 3 is 2.63 bits per heavy atom. The molecule has 1 unspecified atom stereocenters. The summed E-state index contributed by atoms with van der Waals surface area (Å²) in [5.74, 6) is 0.0367. The lowest BCUT2D eigenvalue weighted by Gasteiger charge is -2.20. The Bertz CT molecular complexity index is 1070. The van der Waals surface area contributed by atoms with E-state index in [4.69, 9.17) is 4.74 Å². The first kappa shape index (κ1) is 19.9. The van der Waals surface area contributed by atoms with Crippen LogP contribution >= 0.6 is 11.9 Å². The zero-order chi connectivity index (χ0) is 20.9. The van der Waals surface area contributed by atoms with Gasteiger partial charge in [0.05, 0.1) is 35.8 Å². The first-order valence-corrected chi connectivity index (χ1v) is 10.00. The van der Waals surface area contributed by atoms with Crippen molar-refractivity contribution in [3.63, 3.8) is 0 Å². The van der Waals surface area contributed by atoms with E-state index in [0.717, 1.165) is 5.56 Å². The molecule has 1 aliphatic rings. The zero-order valence-corrected chi connectivity index (χ0v) is 16.9. The number of pyridine rings is 1. The van der Waals surface area contributed by atoms with Gasteiger partial charge in [-0.25, -0.2) is 4.39 Å². The van der Waals surface area contributed by atoms with Gasteiger partial charge in [0.25, 0.3) is 0 Å². The van der Waals surface area contributed by atoms with Gasteiger partial charge in [0.15, 0.2) is 5.78 Å². The maximum Gasteiger partial charge on any atom is 0.199 e. The van der Waals surface area contributed by atoms with Crippen molar-refractivity contribution in [3.8, 4) is 5.75 Å². The maximum atomic E-state index is 13.6. The van der Waals surface area contributed by atoms with Gasteiger partial charge in [0, 0.05) is 11.6 Å². The van der Waals surface area contributed by atoms with Crippen molar-refractivity contribution in [2.75, 3.05) is 12.4 Å². The summed E-state index contributed by atoms with van der Waals surface area (Å²) in [6.45, 7) is 0. The van der Waals surface area contributed by atoms with E-state index in [2.05, 4.69) is 20.6 Å². The fraction of sp³-hybridized carbons (Fsp3) is 0.0909. The van der Waals surface area contributed by atoms with Crippen molar-refractivity contribution in [3.05, 3.63) is 94.9 Å². The van der Waals surface area contributed by atoms with Crippen LogP contribution in [0.25, 0.3) is 5.70 Å². The molecule has 3 N–H and O–H groups in total. The molecule has 0 radical (unpaired) electrons. The molecule has 0 bridgehead atoms. The van der Waals surface area contributed by atoms with Crippen molar-refractivity contribution >= 4 is 29.1 Å². The predicted molar refractivity (Wildman–Crippen MR) is 116 cm³/mol. The van der Waals surface area contributed by atoms with E-state index in [1.54, 1.807) is 37.7 Å². The largest absolute Gasteiger partial charge is 0.495 e. The Kier molecular flexibility index (Phi) is 5.97. The van der Waals surface area contributed by atoms with E-state index in [9.17, 15) is 9.18 Å². The fourth-order valence-corrected chi connectivity index (χ4v) is 3.82. The second kappa shape index (κ2) is 8.98. The molecule has 3 aromatic rings. The van der Waals surface area contributed by atoms with Crippen molar-refractivity contribution < 1.29 is 13.9 Å². The normalized spacial score (nSPS) is 14.2. The molecular formula is C22H19FN4O2S. The molecule has 8 heteroatoms.